The molecule has 0 saturated heterocycles. The van der Waals surface area contributed by atoms with Crippen LogP contribution in [0.5, 0.6) is 0 Å². The molecule has 2 nitrogen and oxygen atoms in total. The monoisotopic (exact) mass is 231 g/mol. The first-order chi connectivity index (χ1) is 8.15. The van der Waals surface area contributed by atoms with E-state index in [1.807, 2.05) is 24.3 Å². The number of hydrogen-bond acceptors (Lipinski definition) is 2. The van der Waals surface area contributed by atoms with E-state index in [-0.39, 0.29) is 5.92 Å². The number of carbonyl (C=O) groups is 1. The summed E-state index contributed by atoms with van der Waals surface area (Å²) in [6.07, 6.45) is 5.17. The van der Waals surface area contributed by atoms with Crippen molar-refractivity contribution in [2.24, 2.45) is 11.8 Å². The lowest BCUT2D eigenvalue weighted by Crippen LogP contribution is -2.23. The van der Waals surface area contributed by atoms with Crippen molar-refractivity contribution < 1.29 is 4.79 Å². The first-order valence-electron chi connectivity index (χ1n) is 6.52. The molecule has 0 spiro atoms. The van der Waals surface area contributed by atoms with E-state index in [0.717, 1.165) is 24.1 Å². The van der Waals surface area contributed by atoms with Crippen molar-refractivity contribution in [3.63, 3.8) is 0 Å². The number of anilines is 1. The first-order valence-corrected chi connectivity index (χ1v) is 6.52. The van der Waals surface area contributed by atoms with Crippen LogP contribution in [0.3, 0.4) is 0 Å². The summed E-state index contributed by atoms with van der Waals surface area (Å²) in [5.41, 5.74) is 7.52. The second kappa shape index (κ2) is 5.35. The summed E-state index contributed by atoms with van der Waals surface area (Å²) in [6, 6.07) is 7.67. The lowest BCUT2D eigenvalue weighted by atomic mass is 9.79. The van der Waals surface area contributed by atoms with Gasteiger partial charge in [-0.1, -0.05) is 31.9 Å². The van der Waals surface area contributed by atoms with E-state index in [2.05, 4.69) is 6.92 Å². The minimum absolute atomic E-state index is 0.278. The molecular weight excluding hydrogens is 210 g/mol. The predicted octanol–water partition coefficient (Wildman–Crippen LogP) is 3.21. The van der Waals surface area contributed by atoms with Crippen LogP contribution in [0.4, 0.5) is 5.69 Å². The van der Waals surface area contributed by atoms with Crippen molar-refractivity contribution in [3.05, 3.63) is 29.8 Å². The van der Waals surface area contributed by atoms with E-state index in [4.69, 9.17) is 5.73 Å². The summed E-state index contributed by atoms with van der Waals surface area (Å²) in [6.45, 7) is 2.25. The Labute approximate surface area is 103 Å². The number of ketones is 1. The number of hydrogen-bond donors (Lipinski definition) is 1. The van der Waals surface area contributed by atoms with Gasteiger partial charge in [-0.05, 0) is 36.5 Å². The van der Waals surface area contributed by atoms with Crippen molar-refractivity contribution in [3.8, 4) is 0 Å². The van der Waals surface area contributed by atoms with Crippen LogP contribution in [-0.2, 0) is 11.2 Å². The number of nitrogen functional groups attached to an aromatic ring is 1. The SMILES string of the molecule is CC1CCCC(C(=O)Cc2cccc(N)c2)C1. The van der Waals surface area contributed by atoms with Crippen molar-refractivity contribution in [1.82, 2.24) is 0 Å². The molecule has 0 heterocycles. The van der Waals surface area contributed by atoms with Crippen molar-refractivity contribution in [2.45, 2.75) is 39.0 Å². The zero-order valence-electron chi connectivity index (χ0n) is 10.5. The number of nitrogens with two attached hydrogens (primary N) is 1. The van der Waals surface area contributed by atoms with E-state index in [0.29, 0.717) is 18.1 Å². The largest absolute Gasteiger partial charge is 0.399 e. The van der Waals surface area contributed by atoms with Crippen LogP contribution < -0.4 is 5.73 Å². The normalized spacial score (nSPS) is 24.5. The van der Waals surface area contributed by atoms with Gasteiger partial charge >= 0.3 is 0 Å². The topological polar surface area (TPSA) is 43.1 Å². The zero-order valence-corrected chi connectivity index (χ0v) is 10.5. The fraction of sp³-hybridized carbons (Fsp3) is 0.533. The Kier molecular flexibility index (Phi) is 3.82. The van der Waals surface area contributed by atoms with Gasteiger partial charge in [0, 0.05) is 18.0 Å². The maximum absolute atomic E-state index is 12.2. The minimum Gasteiger partial charge on any atom is -0.399 e. The minimum atomic E-state index is 0.278. The molecular formula is C15H21NO. The smallest absolute Gasteiger partial charge is 0.140 e. The molecule has 0 bridgehead atoms. The molecule has 2 N–H and O–H groups in total. The van der Waals surface area contributed by atoms with Gasteiger partial charge in [0.15, 0.2) is 0 Å². The van der Waals surface area contributed by atoms with Crippen LogP contribution in [0.15, 0.2) is 24.3 Å². The van der Waals surface area contributed by atoms with E-state index in [9.17, 15) is 4.79 Å². The average molecular weight is 231 g/mol. The predicted molar refractivity (Wildman–Crippen MR) is 70.7 cm³/mol. The Hall–Kier alpha value is -1.31. The Bertz CT molecular complexity index is 400. The summed E-state index contributed by atoms with van der Waals surface area (Å²) in [5, 5.41) is 0. The maximum atomic E-state index is 12.2. The Morgan fingerprint density at radius 2 is 2.24 bits per heavy atom. The van der Waals surface area contributed by atoms with Gasteiger partial charge in [0.25, 0.3) is 0 Å². The highest BCUT2D eigenvalue weighted by Gasteiger charge is 2.24. The number of carbonyl (C=O) groups excluding carboxylic acids is 1. The first kappa shape index (κ1) is 12.2. The molecule has 1 aliphatic rings. The van der Waals surface area contributed by atoms with Crippen LogP contribution >= 0.6 is 0 Å². The molecule has 1 aromatic carbocycles. The highest BCUT2D eigenvalue weighted by atomic mass is 16.1. The van der Waals surface area contributed by atoms with Crippen LogP contribution in [0.25, 0.3) is 0 Å². The maximum Gasteiger partial charge on any atom is 0.140 e. The second-order valence-corrected chi connectivity index (χ2v) is 5.36. The van der Waals surface area contributed by atoms with Gasteiger partial charge in [0.05, 0.1) is 0 Å². The quantitative estimate of drug-likeness (QED) is 0.812. The number of rotatable bonds is 3. The zero-order chi connectivity index (χ0) is 12.3. The van der Waals surface area contributed by atoms with Gasteiger partial charge in [-0.15, -0.1) is 0 Å². The summed E-state index contributed by atoms with van der Waals surface area (Å²) in [7, 11) is 0. The van der Waals surface area contributed by atoms with E-state index in [1.165, 1.54) is 12.8 Å². The molecule has 2 unspecified atom stereocenters. The van der Waals surface area contributed by atoms with Gasteiger partial charge in [-0.2, -0.15) is 0 Å². The summed E-state index contributed by atoms with van der Waals surface area (Å²) in [4.78, 5) is 12.2. The molecule has 0 aliphatic heterocycles. The van der Waals surface area contributed by atoms with Crippen LogP contribution in [-0.4, -0.2) is 5.78 Å². The molecule has 1 aromatic rings. The lowest BCUT2D eigenvalue weighted by Gasteiger charge is -2.25. The third-order valence-electron chi connectivity index (χ3n) is 3.72. The van der Waals surface area contributed by atoms with E-state index >= 15 is 0 Å². The lowest BCUT2D eigenvalue weighted by molar-refractivity contribution is -0.123. The average Bonchev–Trinajstić information content (AvgIpc) is 2.29. The molecule has 92 valence electrons. The highest BCUT2D eigenvalue weighted by molar-refractivity contribution is 5.83. The van der Waals surface area contributed by atoms with Gasteiger partial charge in [-0.25, -0.2) is 0 Å². The van der Waals surface area contributed by atoms with E-state index < -0.39 is 0 Å². The standard InChI is InChI=1S/C15H21NO/c1-11-4-2-6-13(8-11)15(17)10-12-5-3-7-14(16)9-12/h3,5,7,9,11,13H,2,4,6,8,10,16H2,1H3. The molecule has 2 rings (SSSR count). The molecule has 0 aromatic heterocycles. The Balaban J connectivity index is 1.96. The fourth-order valence-electron chi connectivity index (χ4n) is 2.78. The Morgan fingerprint density at radius 1 is 1.41 bits per heavy atom. The molecule has 1 aliphatic carbocycles. The molecule has 1 saturated carbocycles. The molecule has 1 fully saturated rings. The fourth-order valence-corrected chi connectivity index (χ4v) is 2.78. The van der Waals surface area contributed by atoms with Crippen molar-refractivity contribution >= 4 is 11.5 Å². The van der Waals surface area contributed by atoms with Gasteiger partial charge < -0.3 is 5.73 Å². The second-order valence-electron chi connectivity index (χ2n) is 5.36. The Morgan fingerprint density at radius 3 is 2.94 bits per heavy atom. The third-order valence-corrected chi connectivity index (χ3v) is 3.72. The van der Waals surface area contributed by atoms with Crippen molar-refractivity contribution in [1.29, 1.82) is 0 Å². The van der Waals surface area contributed by atoms with E-state index in [1.54, 1.807) is 0 Å². The summed E-state index contributed by atoms with van der Waals surface area (Å²) < 4.78 is 0. The third kappa shape index (κ3) is 3.32. The van der Waals surface area contributed by atoms with Gasteiger partial charge in [0.1, 0.15) is 5.78 Å². The van der Waals surface area contributed by atoms with Crippen LogP contribution in [0, 0.1) is 11.8 Å². The van der Waals surface area contributed by atoms with Crippen LogP contribution in [0.2, 0.25) is 0 Å². The molecule has 0 amide bonds. The molecule has 0 radical (unpaired) electrons. The summed E-state index contributed by atoms with van der Waals surface area (Å²) >= 11 is 0. The van der Waals surface area contributed by atoms with Gasteiger partial charge in [0.2, 0.25) is 0 Å². The van der Waals surface area contributed by atoms with Crippen LogP contribution in [0.1, 0.15) is 38.2 Å². The molecule has 2 atom stereocenters. The summed E-state index contributed by atoms with van der Waals surface area (Å²) in [5.74, 6) is 1.38. The number of Topliss-reactive ketones (excluding diaryl/α,β-unsaturated/α-hetero) is 1. The van der Waals surface area contributed by atoms with Crippen molar-refractivity contribution in [2.75, 3.05) is 5.73 Å². The van der Waals surface area contributed by atoms with Gasteiger partial charge in [-0.3, -0.25) is 4.79 Å². The highest BCUT2D eigenvalue weighted by Crippen LogP contribution is 2.29. The molecule has 17 heavy (non-hydrogen) atoms. The number of benzene rings is 1. The molecule has 2 heteroatoms.